The van der Waals surface area contributed by atoms with Gasteiger partial charge in [0.05, 0.1) is 18.7 Å². The Labute approximate surface area is 129 Å². The number of aryl methyl sites for hydroxylation is 1. The van der Waals surface area contributed by atoms with Crippen molar-refractivity contribution >= 4 is 0 Å². The lowest BCUT2D eigenvalue weighted by molar-refractivity contribution is 0.162. The summed E-state index contributed by atoms with van der Waals surface area (Å²) in [6.07, 6.45) is 1.48. The van der Waals surface area contributed by atoms with Gasteiger partial charge < -0.3 is 14.0 Å². The molecular weight excluding hydrogens is 282 g/mol. The summed E-state index contributed by atoms with van der Waals surface area (Å²) in [5, 5.41) is 13.8. The fourth-order valence-corrected chi connectivity index (χ4v) is 3.36. The number of rotatable bonds is 4. The summed E-state index contributed by atoms with van der Waals surface area (Å²) >= 11 is 0. The third kappa shape index (κ3) is 2.57. The molecule has 0 aromatic carbocycles. The van der Waals surface area contributed by atoms with E-state index in [-0.39, 0.29) is 12.1 Å². The number of β-amino-alcohol motifs (C(OH)–C–C–N with tert-alkyl or cyclic N) is 1. The lowest BCUT2D eigenvalue weighted by atomic mass is 10.2. The van der Waals surface area contributed by atoms with E-state index < -0.39 is 0 Å². The minimum absolute atomic E-state index is 0.0374. The Morgan fingerprint density at radius 3 is 2.86 bits per heavy atom. The molecule has 6 nitrogen and oxygen atoms in total. The fraction of sp³-hybridized carbons (Fsp3) is 0.625. The topological polar surface area (TPSA) is 75.5 Å². The van der Waals surface area contributed by atoms with E-state index >= 15 is 0 Å². The number of aliphatic hydroxyl groups excluding tert-OH is 1. The molecule has 1 aliphatic carbocycles. The Bertz CT molecular complexity index is 665. The summed E-state index contributed by atoms with van der Waals surface area (Å²) in [6, 6.07) is 4.09. The van der Waals surface area contributed by atoms with E-state index in [1.165, 1.54) is 6.42 Å². The summed E-state index contributed by atoms with van der Waals surface area (Å²) < 4.78 is 11.3. The first kappa shape index (κ1) is 14.0. The molecule has 1 saturated heterocycles. The van der Waals surface area contributed by atoms with Crippen molar-refractivity contribution in [3.63, 3.8) is 0 Å². The van der Waals surface area contributed by atoms with Crippen LogP contribution in [0.15, 0.2) is 21.1 Å². The Balaban J connectivity index is 1.49. The Hall–Kier alpha value is -1.66. The van der Waals surface area contributed by atoms with Crippen LogP contribution in [0.5, 0.6) is 0 Å². The zero-order valence-electron chi connectivity index (χ0n) is 12.9. The summed E-state index contributed by atoms with van der Waals surface area (Å²) in [6.45, 7) is 5.31. The predicted molar refractivity (Wildman–Crippen MR) is 78.0 cm³/mol. The molecule has 118 valence electrons. The van der Waals surface area contributed by atoms with Gasteiger partial charge in [0.15, 0.2) is 5.82 Å². The van der Waals surface area contributed by atoms with Gasteiger partial charge in [-0.25, -0.2) is 0 Å². The van der Waals surface area contributed by atoms with Crippen molar-refractivity contribution in [1.29, 1.82) is 0 Å². The number of likely N-dealkylation sites (tertiary alicyclic amines) is 1. The summed E-state index contributed by atoms with van der Waals surface area (Å²) in [7, 11) is 0. The molecule has 1 saturated carbocycles. The third-order valence-corrected chi connectivity index (χ3v) is 4.73. The van der Waals surface area contributed by atoms with Gasteiger partial charge in [0.1, 0.15) is 11.5 Å². The zero-order chi connectivity index (χ0) is 15.3. The van der Waals surface area contributed by atoms with Crippen LogP contribution in [0, 0.1) is 12.8 Å². The monoisotopic (exact) mass is 303 g/mol. The Kier molecular flexibility index (Phi) is 3.31. The third-order valence-electron chi connectivity index (χ3n) is 4.73. The molecule has 1 N–H and O–H groups in total. The SMILES string of the molecule is Cc1noc([C@H]2C[C@@H](O)CN2Cc2ccc([C@@H]3C[C@H]3C)o2)n1. The van der Waals surface area contributed by atoms with Crippen LogP contribution in [-0.4, -0.2) is 32.8 Å². The van der Waals surface area contributed by atoms with Crippen LogP contribution in [0.4, 0.5) is 0 Å². The molecule has 2 aromatic rings. The van der Waals surface area contributed by atoms with Gasteiger partial charge in [-0.15, -0.1) is 0 Å². The molecule has 2 aromatic heterocycles. The number of aliphatic hydroxyl groups is 1. The lowest BCUT2D eigenvalue weighted by Crippen LogP contribution is -2.24. The van der Waals surface area contributed by atoms with Gasteiger partial charge in [-0.2, -0.15) is 4.98 Å². The van der Waals surface area contributed by atoms with Gasteiger partial charge in [-0.1, -0.05) is 12.1 Å². The summed E-state index contributed by atoms with van der Waals surface area (Å²) in [4.78, 5) is 6.46. The van der Waals surface area contributed by atoms with E-state index in [1.807, 2.05) is 6.07 Å². The van der Waals surface area contributed by atoms with E-state index in [1.54, 1.807) is 6.92 Å². The molecule has 0 bridgehead atoms. The van der Waals surface area contributed by atoms with Crippen LogP contribution in [0.25, 0.3) is 0 Å². The molecule has 22 heavy (non-hydrogen) atoms. The highest BCUT2D eigenvalue weighted by atomic mass is 16.5. The molecule has 4 atom stereocenters. The van der Waals surface area contributed by atoms with Crippen molar-refractivity contribution < 1.29 is 14.0 Å². The maximum atomic E-state index is 9.99. The van der Waals surface area contributed by atoms with E-state index in [0.717, 1.165) is 17.4 Å². The van der Waals surface area contributed by atoms with Gasteiger partial charge in [0.25, 0.3) is 0 Å². The molecule has 1 aliphatic heterocycles. The Morgan fingerprint density at radius 2 is 2.18 bits per heavy atom. The van der Waals surface area contributed by atoms with Crippen LogP contribution in [-0.2, 0) is 6.54 Å². The molecule has 4 rings (SSSR count). The second kappa shape index (κ2) is 5.21. The van der Waals surface area contributed by atoms with E-state index in [9.17, 15) is 5.11 Å². The first-order valence-corrected chi connectivity index (χ1v) is 7.91. The number of hydrogen-bond donors (Lipinski definition) is 1. The lowest BCUT2D eigenvalue weighted by Gasteiger charge is -2.19. The molecule has 2 fully saturated rings. The van der Waals surface area contributed by atoms with Crippen LogP contribution >= 0.6 is 0 Å². The van der Waals surface area contributed by atoms with Crippen molar-refractivity contribution in [2.75, 3.05) is 6.54 Å². The minimum Gasteiger partial charge on any atom is -0.464 e. The van der Waals surface area contributed by atoms with Crippen LogP contribution in [0.3, 0.4) is 0 Å². The van der Waals surface area contributed by atoms with Crippen LogP contribution < -0.4 is 0 Å². The number of furan rings is 1. The standard InChI is InChI=1S/C16H21N3O3/c1-9-5-13(9)15-4-3-12(21-15)8-19-7-11(20)6-14(19)16-17-10(2)18-22-16/h3-4,9,11,13-14,20H,5-8H2,1-2H3/t9-,11-,13-,14-/m1/s1. The van der Waals surface area contributed by atoms with Crippen molar-refractivity contribution in [3.05, 3.63) is 35.4 Å². The van der Waals surface area contributed by atoms with Gasteiger partial charge in [-0.05, 0) is 37.8 Å². The van der Waals surface area contributed by atoms with Crippen LogP contribution in [0.1, 0.15) is 55.0 Å². The van der Waals surface area contributed by atoms with Crippen molar-refractivity contribution in [1.82, 2.24) is 15.0 Å². The number of hydrogen-bond acceptors (Lipinski definition) is 6. The van der Waals surface area contributed by atoms with Crippen molar-refractivity contribution in [2.45, 2.75) is 51.3 Å². The van der Waals surface area contributed by atoms with E-state index in [2.05, 4.69) is 28.0 Å². The molecular formula is C16H21N3O3. The molecule has 0 spiro atoms. The zero-order valence-corrected chi connectivity index (χ0v) is 12.9. The summed E-state index contributed by atoms with van der Waals surface area (Å²) in [5.74, 6) is 4.56. The van der Waals surface area contributed by atoms with E-state index in [4.69, 9.17) is 8.94 Å². The van der Waals surface area contributed by atoms with Gasteiger partial charge in [-0.3, -0.25) is 4.90 Å². The predicted octanol–water partition coefficient (Wildman–Crippen LogP) is 2.40. The van der Waals surface area contributed by atoms with Gasteiger partial charge in [0, 0.05) is 12.5 Å². The number of nitrogens with zero attached hydrogens (tertiary/aromatic N) is 3. The molecule has 6 heteroatoms. The first-order valence-electron chi connectivity index (χ1n) is 7.91. The molecule has 0 radical (unpaired) electrons. The number of aromatic nitrogens is 2. The first-order chi connectivity index (χ1) is 10.6. The summed E-state index contributed by atoms with van der Waals surface area (Å²) in [5.41, 5.74) is 0. The second-order valence-electron chi connectivity index (χ2n) is 6.64. The average molecular weight is 303 g/mol. The maximum Gasteiger partial charge on any atom is 0.244 e. The average Bonchev–Trinajstić information content (AvgIpc) is 2.89. The van der Waals surface area contributed by atoms with Gasteiger partial charge in [0.2, 0.25) is 5.89 Å². The van der Waals surface area contributed by atoms with Crippen LogP contribution in [0.2, 0.25) is 0 Å². The van der Waals surface area contributed by atoms with Crippen molar-refractivity contribution in [3.8, 4) is 0 Å². The van der Waals surface area contributed by atoms with Crippen molar-refractivity contribution in [2.24, 2.45) is 5.92 Å². The maximum absolute atomic E-state index is 9.99. The second-order valence-corrected chi connectivity index (χ2v) is 6.64. The highest BCUT2D eigenvalue weighted by Crippen LogP contribution is 2.47. The highest BCUT2D eigenvalue weighted by molar-refractivity contribution is 5.18. The minimum atomic E-state index is -0.366. The van der Waals surface area contributed by atoms with E-state index in [0.29, 0.717) is 37.1 Å². The largest absolute Gasteiger partial charge is 0.464 e. The Morgan fingerprint density at radius 1 is 1.36 bits per heavy atom. The molecule has 0 unspecified atom stereocenters. The normalized spacial score (nSPS) is 31.8. The molecule has 3 heterocycles. The smallest absolute Gasteiger partial charge is 0.244 e. The molecule has 0 amide bonds. The van der Waals surface area contributed by atoms with Gasteiger partial charge >= 0.3 is 0 Å². The highest BCUT2D eigenvalue weighted by Gasteiger charge is 2.38. The fourth-order valence-electron chi connectivity index (χ4n) is 3.36. The molecule has 2 aliphatic rings. The quantitative estimate of drug-likeness (QED) is 0.934.